The van der Waals surface area contributed by atoms with Gasteiger partial charge in [0, 0.05) is 24.9 Å². The number of ether oxygens (including phenoxy) is 2. The number of carbonyl (C=O) groups is 1. The third-order valence-electron chi connectivity index (χ3n) is 4.99. The summed E-state index contributed by atoms with van der Waals surface area (Å²) in [4.78, 5) is 14.6. The summed E-state index contributed by atoms with van der Waals surface area (Å²) in [5, 5.41) is 4.13. The standard InChI is InChI=1S/C18H24Cl2N2O3/c1-22(2)16-11-18(24-7-8-25-18)6-5-15(16)21-17(23)10-12-3-4-13(19)14(20)9-12/h3-4,9,15-16H,5-8,10-11H2,1-2H3,(H,21,23). The molecular formula is C18H24Cl2N2O3. The van der Waals surface area contributed by atoms with E-state index in [4.69, 9.17) is 32.7 Å². The van der Waals surface area contributed by atoms with Crippen LogP contribution in [0.3, 0.4) is 0 Å². The maximum Gasteiger partial charge on any atom is 0.224 e. The van der Waals surface area contributed by atoms with Crippen molar-refractivity contribution < 1.29 is 14.3 Å². The Labute approximate surface area is 158 Å². The van der Waals surface area contributed by atoms with Crippen LogP contribution in [-0.4, -0.2) is 56.0 Å². The van der Waals surface area contributed by atoms with Crippen molar-refractivity contribution in [1.29, 1.82) is 0 Å². The van der Waals surface area contributed by atoms with E-state index in [1.807, 2.05) is 20.2 Å². The molecule has 0 aromatic heterocycles. The summed E-state index contributed by atoms with van der Waals surface area (Å²) >= 11 is 11.9. The second kappa shape index (κ2) is 7.80. The Kier molecular flexibility index (Phi) is 5.91. The van der Waals surface area contributed by atoms with Crippen molar-refractivity contribution in [2.24, 2.45) is 0 Å². The monoisotopic (exact) mass is 386 g/mol. The molecule has 1 spiro atoms. The molecular weight excluding hydrogens is 363 g/mol. The lowest BCUT2D eigenvalue weighted by Crippen LogP contribution is -2.57. The van der Waals surface area contributed by atoms with Crippen LogP contribution in [-0.2, 0) is 20.7 Å². The Bertz CT molecular complexity index is 633. The largest absolute Gasteiger partial charge is 0.352 e. The summed E-state index contributed by atoms with van der Waals surface area (Å²) in [7, 11) is 4.05. The van der Waals surface area contributed by atoms with Crippen molar-refractivity contribution in [2.75, 3.05) is 27.3 Å². The van der Waals surface area contributed by atoms with Gasteiger partial charge in [-0.15, -0.1) is 0 Å². The minimum absolute atomic E-state index is 0.0144. The number of amides is 1. The van der Waals surface area contributed by atoms with Gasteiger partial charge in [-0.3, -0.25) is 4.79 Å². The van der Waals surface area contributed by atoms with Crippen molar-refractivity contribution in [2.45, 2.75) is 43.6 Å². The maximum atomic E-state index is 12.5. The molecule has 1 aliphatic heterocycles. The van der Waals surface area contributed by atoms with Crippen molar-refractivity contribution in [3.05, 3.63) is 33.8 Å². The smallest absolute Gasteiger partial charge is 0.224 e. The maximum absolute atomic E-state index is 12.5. The molecule has 1 aliphatic carbocycles. The van der Waals surface area contributed by atoms with E-state index >= 15 is 0 Å². The number of hydrogen-bond acceptors (Lipinski definition) is 4. The van der Waals surface area contributed by atoms with E-state index in [0.29, 0.717) is 23.3 Å². The number of nitrogens with one attached hydrogen (secondary N) is 1. The first-order valence-corrected chi connectivity index (χ1v) is 9.32. The molecule has 1 saturated heterocycles. The first kappa shape index (κ1) is 18.9. The molecule has 2 fully saturated rings. The molecule has 1 N–H and O–H groups in total. The van der Waals surface area contributed by atoms with Crippen LogP contribution in [0.15, 0.2) is 18.2 Å². The summed E-state index contributed by atoms with van der Waals surface area (Å²) in [5.74, 6) is -0.487. The molecule has 5 nitrogen and oxygen atoms in total. The molecule has 1 amide bonds. The van der Waals surface area contributed by atoms with E-state index in [1.54, 1.807) is 12.1 Å². The summed E-state index contributed by atoms with van der Waals surface area (Å²) in [6.07, 6.45) is 2.68. The number of halogens is 2. The van der Waals surface area contributed by atoms with Crippen LogP contribution in [0.4, 0.5) is 0 Å². The Morgan fingerprint density at radius 1 is 1.28 bits per heavy atom. The highest BCUT2D eigenvalue weighted by Crippen LogP contribution is 2.37. The first-order valence-electron chi connectivity index (χ1n) is 8.56. The van der Waals surface area contributed by atoms with Crippen molar-refractivity contribution in [3.8, 4) is 0 Å². The van der Waals surface area contributed by atoms with Gasteiger partial charge in [-0.05, 0) is 38.2 Å². The predicted octanol–water partition coefficient (Wildman–Crippen LogP) is 2.88. The zero-order valence-corrected chi connectivity index (χ0v) is 16.1. The van der Waals surface area contributed by atoms with Crippen LogP contribution in [0.2, 0.25) is 10.0 Å². The molecule has 138 valence electrons. The molecule has 1 aromatic carbocycles. The number of benzene rings is 1. The molecule has 1 saturated carbocycles. The molecule has 3 rings (SSSR count). The highest BCUT2D eigenvalue weighted by molar-refractivity contribution is 6.42. The third-order valence-corrected chi connectivity index (χ3v) is 5.73. The Hall–Kier alpha value is -0.850. The molecule has 7 heteroatoms. The van der Waals surface area contributed by atoms with E-state index in [1.165, 1.54) is 0 Å². The molecule has 1 aromatic rings. The molecule has 1 heterocycles. The molecule has 2 atom stereocenters. The lowest BCUT2D eigenvalue weighted by Gasteiger charge is -2.44. The van der Waals surface area contributed by atoms with Gasteiger partial charge in [0.05, 0.1) is 29.7 Å². The molecule has 0 radical (unpaired) electrons. The fourth-order valence-electron chi connectivity index (χ4n) is 3.69. The quantitative estimate of drug-likeness (QED) is 0.863. The Balaban J connectivity index is 1.62. The second-order valence-electron chi connectivity index (χ2n) is 6.98. The zero-order valence-electron chi connectivity index (χ0n) is 14.6. The SMILES string of the molecule is CN(C)C1CC2(CCC1NC(=O)Cc1ccc(Cl)c(Cl)c1)OCCO2. The van der Waals surface area contributed by atoms with E-state index in [9.17, 15) is 4.79 Å². The first-order chi connectivity index (χ1) is 11.9. The van der Waals surface area contributed by atoms with Gasteiger partial charge in [-0.2, -0.15) is 0 Å². The van der Waals surface area contributed by atoms with E-state index in [2.05, 4.69) is 10.2 Å². The third kappa shape index (κ3) is 4.47. The van der Waals surface area contributed by atoms with Gasteiger partial charge in [0.1, 0.15) is 0 Å². The Morgan fingerprint density at radius 3 is 2.64 bits per heavy atom. The van der Waals surface area contributed by atoms with Gasteiger partial charge < -0.3 is 19.7 Å². The van der Waals surface area contributed by atoms with Crippen LogP contribution < -0.4 is 5.32 Å². The van der Waals surface area contributed by atoms with E-state index in [-0.39, 0.29) is 24.4 Å². The number of nitrogens with zero attached hydrogens (tertiary/aromatic N) is 1. The minimum Gasteiger partial charge on any atom is -0.352 e. The summed E-state index contributed by atoms with van der Waals surface area (Å²) in [6.45, 7) is 1.29. The van der Waals surface area contributed by atoms with Gasteiger partial charge in [0.2, 0.25) is 5.91 Å². The molecule has 2 aliphatic rings. The van der Waals surface area contributed by atoms with Gasteiger partial charge in [0.25, 0.3) is 0 Å². The van der Waals surface area contributed by atoms with E-state index in [0.717, 1.165) is 24.8 Å². The van der Waals surface area contributed by atoms with Crippen LogP contribution in [0.25, 0.3) is 0 Å². The summed E-state index contributed by atoms with van der Waals surface area (Å²) in [6, 6.07) is 5.53. The van der Waals surface area contributed by atoms with Crippen LogP contribution in [0.1, 0.15) is 24.8 Å². The molecule has 0 bridgehead atoms. The van der Waals surface area contributed by atoms with Gasteiger partial charge in [-0.1, -0.05) is 29.3 Å². The number of rotatable bonds is 4. The molecule has 2 unspecified atom stereocenters. The lowest BCUT2D eigenvalue weighted by molar-refractivity contribution is -0.191. The highest BCUT2D eigenvalue weighted by Gasteiger charge is 2.46. The van der Waals surface area contributed by atoms with Crippen molar-refractivity contribution in [1.82, 2.24) is 10.2 Å². The normalized spacial score (nSPS) is 25.5. The zero-order chi connectivity index (χ0) is 18.0. The fourth-order valence-corrected chi connectivity index (χ4v) is 4.01. The van der Waals surface area contributed by atoms with Gasteiger partial charge in [-0.25, -0.2) is 0 Å². The van der Waals surface area contributed by atoms with Gasteiger partial charge in [0.15, 0.2) is 5.79 Å². The topological polar surface area (TPSA) is 50.8 Å². The minimum atomic E-state index is -0.472. The van der Waals surface area contributed by atoms with Crippen LogP contribution in [0, 0.1) is 0 Å². The van der Waals surface area contributed by atoms with E-state index < -0.39 is 5.79 Å². The number of carbonyl (C=O) groups excluding carboxylic acids is 1. The lowest BCUT2D eigenvalue weighted by atomic mass is 9.84. The summed E-state index contributed by atoms with van der Waals surface area (Å²) < 4.78 is 11.7. The fraction of sp³-hybridized carbons (Fsp3) is 0.611. The van der Waals surface area contributed by atoms with Gasteiger partial charge >= 0.3 is 0 Å². The Morgan fingerprint density at radius 2 is 2.00 bits per heavy atom. The van der Waals surface area contributed by atoms with Crippen LogP contribution >= 0.6 is 23.2 Å². The average molecular weight is 387 g/mol. The average Bonchev–Trinajstić information content (AvgIpc) is 3.01. The summed E-state index contributed by atoms with van der Waals surface area (Å²) in [5.41, 5.74) is 0.850. The number of likely N-dealkylation sites (N-methyl/N-ethyl adjacent to an activating group) is 1. The van der Waals surface area contributed by atoms with Crippen molar-refractivity contribution in [3.63, 3.8) is 0 Å². The van der Waals surface area contributed by atoms with Crippen LogP contribution in [0.5, 0.6) is 0 Å². The molecule has 25 heavy (non-hydrogen) atoms. The predicted molar refractivity (Wildman–Crippen MR) is 98.1 cm³/mol. The van der Waals surface area contributed by atoms with Crippen molar-refractivity contribution >= 4 is 29.1 Å². The second-order valence-corrected chi connectivity index (χ2v) is 7.80. The number of hydrogen-bond donors (Lipinski definition) is 1. The highest BCUT2D eigenvalue weighted by atomic mass is 35.5.